The first-order chi connectivity index (χ1) is 10.4. The van der Waals surface area contributed by atoms with Gasteiger partial charge in [0, 0.05) is 12.6 Å². The zero-order chi connectivity index (χ0) is 16.2. The average Bonchev–Trinajstić information content (AvgIpc) is 2.43. The molecule has 1 aromatic heterocycles. The van der Waals surface area contributed by atoms with E-state index in [-0.39, 0.29) is 33.9 Å². The number of aryl methyl sites for hydroxylation is 1. The molecule has 2 N–H and O–H groups in total. The standard InChI is InChI=1S/C16H16N2O4/c1-4-18-10(20)6-8(3)12-14(18)16(22)13-11(15(12)21)7(2)5-9(19)17-13/h5-6,9,17,19H,4H2,1-3H3. The number of fused-ring (bicyclic) bond motifs is 1. The average molecular weight is 300 g/mol. The maximum Gasteiger partial charge on any atom is 0.251 e. The van der Waals surface area contributed by atoms with Gasteiger partial charge in [0.1, 0.15) is 11.9 Å². The number of Topliss-reactive ketones (excluding diaryl/α,β-unsaturated/α-hetero) is 2. The molecule has 0 fully saturated rings. The van der Waals surface area contributed by atoms with Gasteiger partial charge in [-0.2, -0.15) is 0 Å². The van der Waals surface area contributed by atoms with Crippen LogP contribution in [0.5, 0.6) is 0 Å². The molecule has 0 amide bonds. The minimum atomic E-state index is -1.02. The number of hydrogen-bond donors (Lipinski definition) is 2. The molecule has 0 spiro atoms. The van der Waals surface area contributed by atoms with E-state index in [9.17, 15) is 19.5 Å². The molecule has 22 heavy (non-hydrogen) atoms. The summed E-state index contributed by atoms with van der Waals surface area (Å²) in [5.41, 5.74) is 1.45. The molecule has 0 saturated heterocycles. The molecular formula is C16H16N2O4. The van der Waals surface area contributed by atoms with Crippen LogP contribution in [0.25, 0.3) is 0 Å². The summed E-state index contributed by atoms with van der Waals surface area (Å²) in [5.74, 6) is -0.726. The number of ketones is 2. The quantitative estimate of drug-likeness (QED) is 0.796. The molecule has 1 atom stereocenters. The molecule has 1 aromatic rings. The van der Waals surface area contributed by atoms with E-state index in [1.807, 2.05) is 0 Å². The van der Waals surface area contributed by atoms with E-state index in [1.165, 1.54) is 16.7 Å². The Labute approximate surface area is 126 Å². The van der Waals surface area contributed by atoms with Gasteiger partial charge in [-0.15, -0.1) is 0 Å². The van der Waals surface area contributed by atoms with Crippen molar-refractivity contribution in [1.82, 2.24) is 9.88 Å². The second kappa shape index (κ2) is 4.78. The Kier molecular flexibility index (Phi) is 3.14. The molecule has 0 aromatic carbocycles. The Morgan fingerprint density at radius 2 is 1.91 bits per heavy atom. The van der Waals surface area contributed by atoms with E-state index >= 15 is 0 Å². The van der Waals surface area contributed by atoms with E-state index in [2.05, 4.69) is 5.32 Å². The van der Waals surface area contributed by atoms with Gasteiger partial charge in [-0.1, -0.05) is 0 Å². The third-order valence-corrected chi connectivity index (χ3v) is 4.06. The summed E-state index contributed by atoms with van der Waals surface area (Å²) in [6.07, 6.45) is 0.462. The Morgan fingerprint density at radius 3 is 2.55 bits per heavy atom. The molecule has 3 rings (SSSR count). The van der Waals surface area contributed by atoms with Gasteiger partial charge in [0.25, 0.3) is 5.56 Å². The van der Waals surface area contributed by atoms with Gasteiger partial charge in [0.15, 0.2) is 5.78 Å². The first kappa shape index (κ1) is 14.5. The predicted molar refractivity (Wildman–Crippen MR) is 79.7 cm³/mol. The monoisotopic (exact) mass is 300 g/mol. The fraction of sp³-hybridized carbons (Fsp3) is 0.312. The lowest BCUT2D eigenvalue weighted by Crippen LogP contribution is -2.42. The molecule has 1 aliphatic carbocycles. The van der Waals surface area contributed by atoms with Crippen molar-refractivity contribution < 1.29 is 14.7 Å². The zero-order valence-electron chi connectivity index (χ0n) is 12.6. The number of nitrogens with zero attached hydrogens (tertiary/aromatic N) is 1. The summed E-state index contributed by atoms with van der Waals surface area (Å²) in [6.45, 7) is 5.37. The molecule has 1 unspecified atom stereocenters. The highest BCUT2D eigenvalue weighted by molar-refractivity contribution is 6.28. The summed E-state index contributed by atoms with van der Waals surface area (Å²) in [6, 6.07) is 1.38. The van der Waals surface area contributed by atoms with Gasteiger partial charge in [0.05, 0.1) is 16.8 Å². The largest absolute Gasteiger partial charge is 0.370 e. The van der Waals surface area contributed by atoms with Crippen molar-refractivity contribution >= 4 is 11.6 Å². The number of dihydropyridines is 1. The van der Waals surface area contributed by atoms with E-state index in [1.54, 1.807) is 20.8 Å². The van der Waals surface area contributed by atoms with Crippen LogP contribution in [-0.4, -0.2) is 27.5 Å². The van der Waals surface area contributed by atoms with Crippen LogP contribution in [0.2, 0.25) is 0 Å². The van der Waals surface area contributed by atoms with Gasteiger partial charge in [-0.25, -0.2) is 0 Å². The zero-order valence-corrected chi connectivity index (χ0v) is 12.6. The van der Waals surface area contributed by atoms with Crippen molar-refractivity contribution in [3.63, 3.8) is 0 Å². The number of aliphatic hydroxyl groups excluding tert-OH is 1. The second-order valence-electron chi connectivity index (χ2n) is 5.48. The molecule has 6 heteroatoms. The van der Waals surface area contributed by atoms with Crippen LogP contribution in [0, 0.1) is 6.92 Å². The maximum atomic E-state index is 12.8. The first-order valence-electron chi connectivity index (χ1n) is 7.08. The summed E-state index contributed by atoms with van der Waals surface area (Å²) in [7, 11) is 0. The van der Waals surface area contributed by atoms with E-state index < -0.39 is 12.0 Å². The normalized spacial score (nSPS) is 20.4. The van der Waals surface area contributed by atoms with Gasteiger partial charge < -0.3 is 15.0 Å². The van der Waals surface area contributed by atoms with Gasteiger partial charge >= 0.3 is 0 Å². The number of hydrogen-bond acceptors (Lipinski definition) is 5. The van der Waals surface area contributed by atoms with Crippen molar-refractivity contribution in [3.8, 4) is 0 Å². The molecule has 0 bridgehead atoms. The van der Waals surface area contributed by atoms with Crippen LogP contribution in [0.15, 0.2) is 33.8 Å². The van der Waals surface area contributed by atoms with Crippen molar-refractivity contribution in [1.29, 1.82) is 0 Å². The smallest absolute Gasteiger partial charge is 0.251 e. The topological polar surface area (TPSA) is 88.4 Å². The number of carbonyl (C=O) groups is 2. The SMILES string of the molecule is CCn1c2c(c(C)cc1=O)C(=O)C1=C(NC(O)C=C1C)C2=O. The molecule has 6 nitrogen and oxygen atoms in total. The van der Waals surface area contributed by atoms with E-state index in [4.69, 9.17) is 0 Å². The number of pyridine rings is 1. The van der Waals surface area contributed by atoms with Crippen molar-refractivity contribution in [2.75, 3.05) is 0 Å². The summed E-state index contributed by atoms with van der Waals surface area (Å²) >= 11 is 0. The lowest BCUT2D eigenvalue weighted by atomic mass is 9.83. The number of allylic oxidation sites excluding steroid dienone is 3. The van der Waals surface area contributed by atoms with Crippen LogP contribution in [-0.2, 0) is 6.54 Å². The molecule has 2 heterocycles. The van der Waals surface area contributed by atoms with Crippen LogP contribution in [0.4, 0.5) is 0 Å². The number of carbonyl (C=O) groups excluding carboxylic acids is 2. The molecule has 0 radical (unpaired) electrons. The fourth-order valence-electron chi connectivity index (χ4n) is 3.10. The Balaban J connectivity index is 2.37. The van der Waals surface area contributed by atoms with Crippen molar-refractivity contribution in [2.24, 2.45) is 0 Å². The van der Waals surface area contributed by atoms with E-state index in [0.29, 0.717) is 17.7 Å². The highest BCUT2D eigenvalue weighted by Gasteiger charge is 2.38. The molecule has 2 aliphatic rings. The third-order valence-electron chi connectivity index (χ3n) is 4.06. The number of aliphatic hydroxyl groups is 1. The lowest BCUT2D eigenvalue weighted by molar-refractivity contribution is 0.0941. The lowest BCUT2D eigenvalue weighted by Gasteiger charge is -2.29. The minimum absolute atomic E-state index is 0.0669. The molecule has 114 valence electrons. The Morgan fingerprint density at radius 1 is 1.23 bits per heavy atom. The molecule has 0 saturated carbocycles. The van der Waals surface area contributed by atoms with Crippen molar-refractivity contribution in [2.45, 2.75) is 33.5 Å². The highest BCUT2D eigenvalue weighted by atomic mass is 16.3. The fourth-order valence-corrected chi connectivity index (χ4v) is 3.10. The Bertz CT molecular complexity index is 842. The minimum Gasteiger partial charge on any atom is -0.370 e. The van der Waals surface area contributed by atoms with Crippen LogP contribution in [0.3, 0.4) is 0 Å². The van der Waals surface area contributed by atoms with Gasteiger partial charge in [-0.3, -0.25) is 14.4 Å². The summed E-state index contributed by atoms with van der Waals surface area (Å²) in [4.78, 5) is 37.7. The van der Waals surface area contributed by atoms with Crippen molar-refractivity contribution in [3.05, 3.63) is 56.2 Å². The molecular weight excluding hydrogens is 284 g/mol. The van der Waals surface area contributed by atoms with Crippen LogP contribution < -0.4 is 10.9 Å². The van der Waals surface area contributed by atoms with Gasteiger partial charge in [0.2, 0.25) is 5.78 Å². The number of rotatable bonds is 1. The first-order valence-corrected chi connectivity index (χ1v) is 7.08. The Hall–Kier alpha value is -2.47. The van der Waals surface area contributed by atoms with E-state index in [0.717, 1.165) is 0 Å². The summed E-state index contributed by atoms with van der Waals surface area (Å²) < 4.78 is 1.30. The highest BCUT2D eigenvalue weighted by Crippen LogP contribution is 2.32. The molecule has 1 aliphatic heterocycles. The maximum absolute atomic E-state index is 12.8. The van der Waals surface area contributed by atoms with Gasteiger partial charge in [-0.05, 0) is 38.0 Å². The van der Waals surface area contributed by atoms with Crippen LogP contribution >= 0.6 is 0 Å². The van der Waals surface area contributed by atoms with Crippen LogP contribution in [0.1, 0.15) is 40.3 Å². The predicted octanol–water partition coefficient (Wildman–Crippen LogP) is 0.678. The number of aromatic nitrogens is 1. The third kappa shape index (κ3) is 1.80. The number of nitrogens with one attached hydrogen (secondary N) is 1. The summed E-state index contributed by atoms with van der Waals surface area (Å²) in [5, 5.41) is 12.4. The second-order valence-corrected chi connectivity index (χ2v) is 5.48.